The maximum Gasteiger partial charge on any atom is 0.419 e. The molecule has 14 heteroatoms. The average molecular weight is 667 g/mol. The number of halogens is 7. The number of carbonyl (C=O) groups excluding carboxylic acids is 3. The molecule has 1 saturated carbocycles. The third kappa shape index (κ3) is 7.16. The molecule has 0 saturated heterocycles. The van der Waals surface area contributed by atoms with Gasteiger partial charge in [-0.05, 0) is 66.8 Å². The summed E-state index contributed by atoms with van der Waals surface area (Å²) in [7, 11) is 1.36. The number of carbonyl (C=O) groups is 3. The van der Waals surface area contributed by atoms with E-state index in [1.807, 2.05) is 0 Å². The maximum absolute atomic E-state index is 13.7. The molecule has 4 aromatic rings. The predicted octanol–water partition coefficient (Wildman–Crippen LogP) is 8.75. The molecule has 1 fully saturated rings. The summed E-state index contributed by atoms with van der Waals surface area (Å²) in [6.07, 6.45) is -8.17. The fourth-order valence-corrected chi connectivity index (χ4v) is 6.57. The van der Waals surface area contributed by atoms with Gasteiger partial charge in [0.15, 0.2) is 0 Å². The number of alkyl halides is 6. The number of benzene rings is 3. The Morgan fingerprint density at radius 1 is 0.913 bits per heavy atom. The Morgan fingerprint density at radius 2 is 1.63 bits per heavy atom. The molecule has 2 N–H and O–H groups in total. The summed E-state index contributed by atoms with van der Waals surface area (Å²) in [5.74, 6) is -2.66. The number of ether oxygens (including phenoxy) is 1. The predicted molar refractivity (Wildman–Crippen MR) is 158 cm³/mol. The van der Waals surface area contributed by atoms with Crippen molar-refractivity contribution in [2.45, 2.75) is 50.4 Å². The molecule has 0 spiro atoms. The lowest BCUT2D eigenvalue weighted by molar-refractivity contribution is -0.140. The van der Waals surface area contributed by atoms with Gasteiger partial charge in [0.1, 0.15) is 17.3 Å². The first-order valence-corrected chi connectivity index (χ1v) is 14.8. The minimum atomic E-state index is -5.02. The van der Waals surface area contributed by atoms with Crippen molar-refractivity contribution >= 4 is 50.4 Å². The Labute approximate surface area is 261 Å². The van der Waals surface area contributed by atoms with E-state index in [0.717, 1.165) is 41.2 Å². The lowest BCUT2D eigenvalue weighted by Crippen LogP contribution is -2.18. The van der Waals surface area contributed by atoms with Gasteiger partial charge in [0.25, 0.3) is 5.91 Å². The Morgan fingerprint density at radius 3 is 2.28 bits per heavy atom. The van der Waals surface area contributed by atoms with Crippen molar-refractivity contribution in [1.82, 2.24) is 0 Å². The second-order valence-electron chi connectivity index (χ2n) is 10.8. The van der Waals surface area contributed by atoms with Crippen molar-refractivity contribution in [2.75, 3.05) is 17.7 Å². The quantitative estimate of drug-likeness (QED) is 0.193. The second kappa shape index (κ2) is 12.7. The van der Waals surface area contributed by atoms with Gasteiger partial charge in [0.2, 0.25) is 5.91 Å². The van der Waals surface area contributed by atoms with Crippen molar-refractivity contribution < 1.29 is 49.9 Å². The third-order valence-corrected chi connectivity index (χ3v) is 8.84. The summed E-state index contributed by atoms with van der Waals surface area (Å²) in [6, 6.07) is 9.81. The van der Waals surface area contributed by atoms with Gasteiger partial charge in [-0.25, -0.2) is 4.39 Å². The lowest BCUT2D eigenvalue weighted by Gasteiger charge is -2.22. The van der Waals surface area contributed by atoms with Gasteiger partial charge in [-0.1, -0.05) is 12.1 Å². The molecule has 0 unspecified atom stereocenters. The van der Waals surface area contributed by atoms with Crippen LogP contribution in [0.1, 0.15) is 63.5 Å². The van der Waals surface area contributed by atoms with E-state index in [4.69, 9.17) is 4.74 Å². The fraction of sp³-hybridized carbons (Fsp3) is 0.281. The topological polar surface area (TPSA) is 84.5 Å². The van der Waals surface area contributed by atoms with E-state index in [2.05, 4.69) is 10.6 Å². The molecule has 0 bridgehead atoms. The summed E-state index contributed by atoms with van der Waals surface area (Å²) in [4.78, 5) is 38.5. The highest BCUT2D eigenvalue weighted by Crippen LogP contribution is 2.41. The van der Waals surface area contributed by atoms with Gasteiger partial charge in [-0.15, -0.1) is 11.3 Å². The van der Waals surface area contributed by atoms with Crippen LogP contribution in [0, 0.1) is 5.82 Å². The number of amides is 2. The van der Waals surface area contributed by atoms with Crippen molar-refractivity contribution in [3.05, 3.63) is 87.5 Å². The molecular weight excluding hydrogens is 641 g/mol. The van der Waals surface area contributed by atoms with Crippen LogP contribution in [0.25, 0.3) is 10.1 Å². The number of nitrogens with one attached hydrogen (secondary N) is 2. The van der Waals surface area contributed by atoms with Crippen molar-refractivity contribution in [1.29, 1.82) is 0 Å². The van der Waals surface area contributed by atoms with Crippen LogP contribution in [0.4, 0.5) is 42.1 Å². The monoisotopic (exact) mass is 666 g/mol. The molecule has 46 heavy (non-hydrogen) atoms. The molecule has 1 aliphatic rings. The molecular formula is C32H25F7N2O4S. The summed E-state index contributed by atoms with van der Waals surface area (Å²) < 4.78 is 99.1. The normalized spacial score (nSPS) is 14.4. The second-order valence-corrected chi connectivity index (χ2v) is 11.9. The lowest BCUT2D eigenvalue weighted by atomic mass is 9.83. The average Bonchev–Trinajstić information content (AvgIpc) is 3.32. The Kier molecular flexibility index (Phi) is 9.12. The fourth-order valence-electron chi connectivity index (χ4n) is 5.37. The van der Waals surface area contributed by atoms with E-state index < -0.39 is 47.5 Å². The molecule has 0 radical (unpaired) electrons. The Hall–Kier alpha value is -4.46. The number of hydrogen-bond acceptors (Lipinski definition) is 5. The highest BCUT2D eigenvalue weighted by Gasteiger charge is 2.35. The van der Waals surface area contributed by atoms with Gasteiger partial charge in [0, 0.05) is 33.5 Å². The van der Waals surface area contributed by atoms with E-state index in [1.54, 1.807) is 18.2 Å². The van der Waals surface area contributed by atoms with E-state index >= 15 is 0 Å². The molecule has 2 amide bonds. The SMILES string of the molecule is COc1ccc(C2CCC(=O)CC2)cc1C(=O)Nc1c(CC(=O)Nc2ccc(F)c(C(F)(F)F)c2)sc2cc(C(F)(F)F)ccc12. The van der Waals surface area contributed by atoms with Gasteiger partial charge in [0.05, 0.1) is 35.9 Å². The molecule has 5 rings (SSSR count). The summed E-state index contributed by atoms with van der Waals surface area (Å²) in [5.41, 5.74) is -1.93. The first kappa shape index (κ1) is 32.9. The zero-order valence-corrected chi connectivity index (χ0v) is 24.8. The molecule has 242 valence electrons. The van der Waals surface area contributed by atoms with E-state index in [9.17, 15) is 45.1 Å². The molecule has 1 heterocycles. The number of Topliss-reactive ketones (excluding diaryl/α,β-unsaturated/α-hetero) is 1. The number of ketones is 1. The molecule has 6 nitrogen and oxygen atoms in total. The Bertz CT molecular complexity index is 1820. The van der Waals surface area contributed by atoms with Crippen LogP contribution in [-0.2, 0) is 28.4 Å². The maximum atomic E-state index is 13.7. The summed E-state index contributed by atoms with van der Waals surface area (Å²) in [5, 5.41) is 5.16. The van der Waals surface area contributed by atoms with Crippen molar-refractivity contribution in [2.24, 2.45) is 0 Å². The van der Waals surface area contributed by atoms with Crippen LogP contribution in [-0.4, -0.2) is 24.7 Å². The minimum absolute atomic E-state index is 0.0292. The summed E-state index contributed by atoms with van der Waals surface area (Å²) >= 11 is 0.797. The van der Waals surface area contributed by atoms with E-state index in [-0.39, 0.29) is 49.4 Å². The van der Waals surface area contributed by atoms with Crippen LogP contribution in [0.15, 0.2) is 54.6 Å². The molecule has 0 atom stereocenters. The number of fused-ring (bicyclic) bond motifs is 1. The smallest absolute Gasteiger partial charge is 0.419 e. The van der Waals surface area contributed by atoms with Gasteiger partial charge < -0.3 is 15.4 Å². The largest absolute Gasteiger partial charge is 0.496 e. The van der Waals surface area contributed by atoms with Crippen LogP contribution < -0.4 is 15.4 Å². The molecule has 3 aromatic carbocycles. The van der Waals surface area contributed by atoms with Crippen LogP contribution >= 0.6 is 11.3 Å². The first-order chi connectivity index (χ1) is 21.6. The number of hydrogen-bond donors (Lipinski definition) is 2. The summed E-state index contributed by atoms with van der Waals surface area (Å²) in [6.45, 7) is 0. The number of thiophene rings is 1. The third-order valence-electron chi connectivity index (χ3n) is 7.69. The number of anilines is 2. The standard InChI is InChI=1S/C32H25F7N2O4S/c1-45-25-11-4-17(16-2-7-20(42)8-3-16)12-22(25)30(44)41-29-21-9-5-18(31(34,35)36)13-26(21)46-27(29)15-28(43)40-19-6-10-24(33)23(14-19)32(37,38)39/h4-6,9-14,16H,2-3,7-8,15H2,1H3,(H,40,43)(H,41,44). The Balaban J connectivity index is 1.48. The molecule has 1 aliphatic carbocycles. The number of methoxy groups -OCH3 is 1. The van der Waals surface area contributed by atoms with E-state index in [1.165, 1.54) is 7.11 Å². The zero-order valence-electron chi connectivity index (χ0n) is 24.0. The first-order valence-electron chi connectivity index (χ1n) is 13.9. The van der Waals surface area contributed by atoms with Crippen molar-refractivity contribution in [3.8, 4) is 5.75 Å². The minimum Gasteiger partial charge on any atom is -0.496 e. The number of rotatable bonds is 7. The van der Waals surface area contributed by atoms with Gasteiger partial charge in [-0.3, -0.25) is 14.4 Å². The van der Waals surface area contributed by atoms with Crippen LogP contribution in [0.2, 0.25) is 0 Å². The molecule has 1 aromatic heterocycles. The molecule has 0 aliphatic heterocycles. The van der Waals surface area contributed by atoms with Gasteiger partial charge >= 0.3 is 12.4 Å². The van der Waals surface area contributed by atoms with Crippen molar-refractivity contribution in [3.63, 3.8) is 0 Å². The van der Waals surface area contributed by atoms with Crippen LogP contribution in [0.5, 0.6) is 5.75 Å². The van der Waals surface area contributed by atoms with E-state index in [0.29, 0.717) is 37.8 Å². The van der Waals surface area contributed by atoms with Crippen LogP contribution in [0.3, 0.4) is 0 Å². The highest BCUT2D eigenvalue weighted by atomic mass is 32.1. The van der Waals surface area contributed by atoms with Gasteiger partial charge in [-0.2, -0.15) is 26.3 Å². The highest BCUT2D eigenvalue weighted by molar-refractivity contribution is 7.20. The zero-order chi connectivity index (χ0) is 33.4.